The first-order valence-electron chi connectivity index (χ1n) is 13.6. The summed E-state index contributed by atoms with van der Waals surface area (Å²) < 4.78 is 0.844. The van der Waals surface area contributed by atoms with Gasteiger partial charge < -0.3 is 16.0 Å². The number of pyridine rings is 1. The summed E-state index contributed by atoms with van der Waals surface area (Å²) in [6.07, 6.45) is 3.25. The fourth-order valence-corrected chi connectivity index (χ4v) is 5.63. The standard InChI is InChI=1S/C35H27BrN4O3S/c36-27-15-9-10-24(22-27)23-30(39-33(41)26-13-5-2-6-14-26)34(42)38-28-17-19-29(20-18-28)44-32(25-11-3-1-4-12-25)35(43)40-31-16-7-8-21-37-31/h1-23,32H,(H,38,42)(H,39,41)(H,37,40,43)/b30-23-. The fraction of sp³-hybridized carbons (Fsp3) is 0.0286. The van der Waals surface area contributed by atoms with Gasteiger partial charge in [0.1, 0.15) is 16.8 Å². The summed E-state index contributed by atoms with van der Waals surface area (Å²) in [6.45, 7) is 0. The molecule has 0 saturated carbocycles. The predicted octanol–water partition coefficient (Wildman–Crippen LogP) is 7.73. The molecular weight excluding hydrogens is 636 g/mol. The lowest BCUT2D eigenvalue weighted by atomic mass is 10.1. The van der Waals surface area contributed by atoms with Gasteiger partial charge in [-0.05, 0) is 77.9 Å². The Morgan fingerprint density at radius 3 is 2.14 bits per heavy atom. The van der Waals surface area contributed by atoms with Crippen molar-refractivity contribution < 1.29 is 14.4 Å². The number of rotatable bonds is 10. The highest BCUT2D eigenvalue weighted by molar-refractivity contribution is 9.10. The number of carbonyl (C=O) groups excluding carboxylic acids is 3. The summed E-state index contributed by atoms with van der Waals surface area (Å²) in [4.78, 5) is 44.7. The molecule has 44 heavy (non-hydrogen) atoms. The van der Waals surface area contributed by atoms with Crippen LogP contribution in [0.15, 0.2) is 149 Å². The van der Waals surface area contributed by atoms with Crippen LogP contribution in [0.4, 0.5) is 11.5 Å². The van der Waals surface area contributed by atoms with Crippen LogP contribution in [-0.2, 0) is 9.59 Å². The minimum atomic E-state index is -0.536. The van der Waals surface area contributed by atoms with Crippen molar-refractivity contribution in [3.8, 4) is 0 Å². The lowest BCUT2D eigenvalue weighted by Gasteiger charge is -2.17. The first-order chi connectivity index (χ1) is 21.4. The number of halogens is 1. The van der Waals surface area contributed by atoms with Gasteiger partial charge in [-0.25, -0.2) is 4.98 Å². The van der Waals surface area contributed by atoms with Crippen LogP contribution in [0.2, 0.25) is 0 Å². The maximum Gasteiger partial charge on any atom is 0.272 e. The Balaban J connectivity index is 1.32. The van der Waals surface area contributed by atoms with Crippen molar-refractivity contribution in [3.63, 3.8) is 0 Å². The zero-order valence-electron chi connectivity index (χ0n) is 23.3. The molecule has 1 heterocycles. The van der Waals surface area contributed by atoms with Gasteiger partial charge in [0, 0.05) is 26.8 Å². The molecule has 218 valence electrons. The van der Waals surface area contributed by atoms with E-state index in [2.05, 4.69) is 36.9 Å². The number of hydrogen-bond donors (Lipinski definition) is 3. The first kappa shape index (κ1) is 30.5. The molecule has 0 aliphatic rings. The topological polar surface area (TPSA) is 100 Å². The highest BCUT2D eigenvalue weighted by Gasteiger charge is 2.23. The lowest BCUT2D eigenvalue weighted by Crippen LogP contribution is -2.30. The molecule has 0 aliphatic heterocycles. The molecule has 0 bridgehead atoms. The maximum absolute atomic E-state index is 13.4. The van der Waals surface area contributed by atoms with E-state index in [-0.39, 0.29) is 11.6 Å². The molecule has 0 saturated heterocycles. The van der Waals surface area contributed by atoms with Gasteiger partial charge >= 0.3 is 0 Å². The molecule has 5 aromatic rings. The van der Waals surface area contributed by atoms with E-state index in [1.54, 1.807) is 60.8 Å². The third-order valence-corrected chi connectivity index (χ3v) is 8.07. The Bertz CT molecular complexity index is 1770. The van der Waals surface area contributed by atoms with Gasteiger partial charge in [0.15, 0.2) is 0 Å². The molecule has 1 aromatic heterocycles. The first-order valence-corrected chi connectivity index (χ1v) is 15.3. The van der Waals surface area contributed by atoms with E-state index in [4.69, 9.17) is 0 Å². The van der Waals surface area contributed by atoms with Crippen molar-refractivity contribution >= 4 is 63.0 Å². The average Bonchev–Trinajstić information content (AvgIpc) is 3.05. The van der Waals surface area contributed by atoms with Crippen LogP contribution in [0.25, 0.3) is 6.08 Å². The quantitative estimate of drug-likeness (QED) is 0.105. The highest BCUT2D eigenvalue weighted by Crippen LogP contribution is 2.36. The van der Waals surface area contributed by atoms with E-state index in [1.807, 2.05) is 78.9 Å². The molecule has 7 nitrogen and oxygen atoms in total. The number of benzene rings is 4. The SMILES string of the molecule is O=C(Nc1ccc(SC(C(=O)Nc2ccccn2)c2ccccc2)cc1)/C(=C/c1cccc(Br)c1)NC(=O)c1ccccc1. The second kappa shape index (κ2) is 15.0. The zero-order chi connectivity index (χ0) is 30.7. The molecule has 0 spiro atoms. The summed E-state index contributed by atoms with van der Waals surface area (Å²) in [5, 5.41) is 7.98. The molecule has 0 fully saturated rings. The van der Waals surface area contributed by atoms with E-state index < -0.39 is 17.1 Å². The summed E-state index contributed by atoms with van der Waals surface area (Å²) in [5.74, 6) is -0.604. The maximum atomic E-state index is 13.4. The lowest BCUT2D eigenvalue weighted by molar-refractivity contribution is -0.116. The average molecular weight is 664 g/mol. The molecular formula is C35H27BrN4O3S. The zero-order valence-corrected chi connectivity index (χ0v) is 25.7. The van der Waals surface area contributed by atoms with Gasteiger partial charge in [-0.3, -0.25) is 14.4 Å². The number of hydrogen-bond acceptors (Lipinski definition) is 5. The number of amides is 3. The normalized spacial score (nSPS) is 11.7. The van der Waals surface area contributed by atoms with E-state index in [1.165, 1.54) is 11.8 Å². The Morgan fingerprint density at radius 2 is 1.45 bits per heavy atom. The Morgan fingerprint density at radius 1 is 0.750 bits per heavy atom. The van der Waals surface area contributed by atoms with E-state index in [0.717, 1.165) is 20.5 Å². The van der Waals surface area contributed by atoms with Crippen LogP contribution >= 0.6 is 27.7 Å². The molecule has 5 rings (SSSR count). The Hall–Kier alpha value is -4.99. The summed E-state index contributed by atoms with van der Waals surface area (Å²) in [6, 6.07) is 38.2. The number of thioether (sulfide) groups is 1. The monoisotopic (exact) mass is 662 g/mol. The van der Waals surface area contributed by atoms with Gasteiger partial charge in [0.25, 0.3) is 11.8 Å². The van der Waals surface area contributed by atoms with Gasteiger partial charge in [-0.2, -0.15) is 0 Å². The summed E-state index contributed by atoms with van der Waals surface area (Å²) in [7, 11) is 0. The van der Waals surface area contributed by atoms with Crippen molar-refractivity contribution in [3.05, 3.63) is 160 Å². The van der Waals surface area contributed by atoms with Gasteiger partial charge in [-0.1, -0.05) is 82.7 Å². The molecule has 9 heteroatoms. The number of nitrogens with zero attached hydrogens (tertiary/aromatic N) is 1. The minimum Gasteiger partial charge on any atom is -0.321 e. The van der Waals surface area contributed by atoms with Gasteiger partial charge in [0.05, 0.1) is 0 Å². The number of anilines is 2. The van der Waals surface area contributed by atoms with E-state index in [0.29, 0.717) is 17.1 Å². The molecule has 3 amide bonds. The van der Waals surface area contributed by atoms with Crippen molar-refractivity contribution in [2.45, 2.75) is 10.1 Å². The predicted molar refractivity (Wildman–Crippen MR) is 179 cm³/mol. The van der Waals surface area contributed by atoms with Gasteiger partial charge in [0.2, 0.25) is 5.91 Å². The van der Waals surface area contributed by atoms with Crippen LogP contribution < -0.4 is 16.0 Å². The largest absolute Gasteiger partial charge is 0.321 e. The van der Waals surface area contributed by atoms with Crippen LogP contribution in [0, 0.1) is 0 Å². The van der Waals surface area contributed by atoms with E-state index in [9.17, 15) is 14.4 Å². The third kappa shape index (κ3) is 8.53. The summed E-state index contributed by atoms with van der Waals surface area (Å²) in [5.41, 5.74) is 2.63. The van der Waals surface area contributed by atoms with Crippen molar-refractivity contribution in [1.29, 1.82) is 0 Å². The van der Waals surface area contributed by atoms with Gasteiger partial charge in [-0.15, -0.1) is 11.8 Å². The second-order valence-corrected chi connectivity index (χ2v) is 11.6. The Kier molecular flexibility index (Phi) is 10.4. The van der Waals surface area contributed by atoms with Crippen molar-refractivity contribution in [2.75, 3.05) is 10.6 Å². The number of carbonyl (C=O) groups is 3. The number of aromatic nitrogens is 1. The van der Waals surface area contributed by atoms with Crippen LogP contribution in [-0.4, -0.2) is 22.7 Å². The Labute approximate surface area is 268 Å². The van der Waals surface area contributed by atoms with Crippen LogP contribution in [0.5, 0.6) is 0 Å². The number of nitrogens with one attached hydrogen (secondary N) is 3. The summed E-state index contributed by atoms with van der Waals surface area (Å²) >= 11 is 4.83. The molecule has 0 radical (unpaired) electrons. The van der Waals surface area contributed by atoms with Crippen molar-refractivity contribution in [1.82, 2.24) is 10.3 Å². The molecule has 1 atom stereocenters. The minimum absolute atomic E-state index is 0.0886. The molecule has 0 aliphatic carbocycles. The second-order valence-electron chi connectivity index (χ2n) is 9.52. The van der Waals surface area contributed by atoms with Crippen LogP contribution in [0.1, 0.15) is 26.7 Å². The fourth-order valence-electron chi connectivity index (χ4n) is 4.19. The molecule has 1 unspecified atom stereocenters. The van der Waals surface area contributed by atoms with Crippen molar-refractivity contribution in [2.24, 2.45) is 0 Å². The molecule has 3 N–H and O–H groups in total. The highest BCUT2D eigenvalue weighted by atomic mass is 79.9. The van der Waals surface area contributed by atoms with E-state index >= 15 is 0 Å². The van der Waals surface area contributed by atoms with Crippen LogP contribution in [0.3, 0.4) is 0 Å². The molecule has 4 aromatic carbocycles. The smallest absolute Gasteiger partial charge is 0.272 e. The third-order valence-electron chi connectivity index (χ3n) is 6.31.